The van der Waals surface area contributed by atoms with Gasteiger partial charge in [0.05, 0.1) is 5.56 Å². The molecule has 3 nitrogen and oxygen atoms in total. The third kappa shape index (κ3) is 3.84. The van der Waals surface area contributed by atoms with E-state index in [9.17, 15) is 9.90 Å². The summed E-state index contributed by atoms with van der Waals surface area (Å²) in [6.07, 6.45) is 0.791. The summed E-state index contributed by atoms with van der Waals surface area (Å²) >= 11 is 5.03. The number of phenols is 1. The van der Waals surface area contributed by atoms with Crippen LogP contribution in [0, 0.1) is 6.92 Å². The van der Waals surface area contributed by atoms with Crippen molar-refractivity contribution in [2.45, 2.75) is 26.3 Å². The molecule has 1 aromatic carbocycles. The first-order valence-electron chi connectivity index (χ1n) is 6.30. The highest BCUT2D eigenvalue weighted by atomic mass is 79.9. The van der Waals surface area contributed by atoms with Gasteiger partial charge in [-0.05, 0) is 44.2 Å². The Bertz CT molecular complexity index is 624. The molecular formula is C15H16BrNO2S. The molecule has 0 radical (unpaired) electrons. The number of halogens is 1. The maximum absolute atomic E-state index is 12.1. The summed E-state index contributed by atoms with van der Waals surface area (Å²) in [6, 6.07) is 9.00. The molecule has 0 aliphatic rings. The average molecular weight is 354 g/mol. The quantitative estimate of drug-likeness (QED) is 0.875. The van der Waals surface area contributed by atoms with Crippen LogP contribution in [-0.2, 0) is 6.42 Å². The van der Waals surface area contributed by atoms with Gasteiger partial charge in [0.2, 0.25) is 0 Å². The largest absolute Gasteiger partial charge is 0.507 e. The number of benzene rings is 1. The van der Waals surface area contributed by atoms with Crippen molar-refractivity contribution in [3.05, 3.63) is 50.1 Å². The summed E-state index contributed by atoms with van der Waals surface area (Å²) in [6.45, 7) is 4.03. The van der Waals surface area contributed by atoms with Gasteiger partial charge in [-0.25, -0.2) is 0 Å². The molecule has 2 aromatic rings. The van der Waals surface area contributed by atoms with Crippen molar-refractivity contribution >= 4 is 33.2 Å². The fourth-order valence-electron chi connectivity index (χ4n) is 1.94. The Balaban J connectivity index is 2.02. The van der Waals surface area contributed by atoms with Crippen molar-refractivity contribution in [3.8, 4) is 5.75 Å². The molecule has 0 saturated carbocycles. The summed E-state index contributed by atoms with van der Waals surface area (Å²) in [7, 11) is 0. The lowest BCUT2D eigenvalue weighted by molar-refractivity contribution is 0.0937. The number of hydrogen-bond donors (Lipinski definition) is 2. The highest BCUT2D eigenvalue weighted by molar-refractivity contribution is 9.10. The zero-order valence-corrected chi connectivity index (χ0v) is 13.7. The van der Waals surface area contributed by atoms with Crippen molar-refractivity contribution in [2.75, 3.05) is 0 Å². The standard InChI is InChI=1S/C15H16BrNO2S/c1-9(7-12-5-3-10(2)20-12)17-15(19)13-8-11(16)4-6-14(13)18/h3-6,8-9,18H,7H2,1-2H3,(H,17,19). The molecular weight excluding hydrogens is 338 g/mol. The van der Waals surface area contributed by atoms with Gasteiger partial charge < -0.3 is 10.4 Å². The number of thiophene rings is 1. The number of amides is 1. The van der Waals surface area contributed by atoms with Crippen molar-refractivity contribution in [1.29, 1.82) is 0 Å². The SMILES string of the molecule is Cc1ccc(CC(C)NC(=O)c2cc(Br)ccc2O)s1. The van der Waals surface area contributed by atoms with Gasteiger partial charge in [-0.1, -0.05) is 15.9 Å². The lowest BCUT2D eigenvalue weighted by atomic mass is 10.1. The van der Waals surface area contributed by atoms with Crippen molar-refractivity contribution < 1.29 is 9.90 Å². The molecule has 1 atom stereocenters. The Morgan fingerprint density at radius 3 is 2.80 bits per heavy atom. The van der Waals surface area contributed by atoms with E-state index >= 15 is 0 Å². The number of phenolic OH excluding ortho intramolecular Hbond substituents is 1. The molecule has 2 N–H and O–H groups in total. The van der Waals surface area contributed by atoms with Crippen LogP contribution in [0.2, 0.25) is 0 Å². The first kappa shape index (κ1) is 15.1. The maximum atomic E-state index is 12.1. The topological polar surface area (TPSA) is 49.3 Å². The first-order valence-corrected chi connectivity index (χ1v) is 7.91. The summed E-state index contributed by atoms with van der Waals surface area (Å²) in [5.41, 5.74) is 0.286. The maximum Gasteiger partial charge on any atom is 0.255 e. The molecule has 0 aliphatic heterocycles. The minimum atomic E-state index is -0.260. The molecule has 0 aliphatic carbocycles. The molecule has 0 saturated heterocycles. The van der Waals surface area contributed by atoms with Gasteiger partial charge in [0, 0.05) is 26.7 Å². The minimum absolute atomic E-state index is 0.00938. The monoisotopic (exact) mass is 353 g/mol. The zero-order chi connectivity index (χ0) is 14.7. The second-order valence-corrected chi connectivity index (χ2v) is 7.04. The van der Waals surface area contributed by atoms with E-state index in [4.69, 9.17) is 0 Å². The third-order valence-electron chi connectivity index (χ3n) is 2.88. The van der Waals surface area contributed by atoms with Crippen LogP contribution >= 0.6 is 27.3 Å². The third-order valence-corrected chi connectivity index (χ3v) is 4.40. The van der Waals surface area contributed by atoms with Crippen molar-refractivity contribution in [1.82, 2.24) is 5.32 Å². The van der Waals surface area contributed by atoms with Gasteiger partial charge in [0.15, 0.2) is 0 Å². The number of carbonyl (C=O) groups is 1. The van der Waals surface area contributed by atoms with Crippen LogP contribution in [0.1, 0.15) is 27.0 Å². The Morgan fingerprint density at radius 2 is 2.15 bits per heavy atom. The van der Waals surface area contributed by atoms with Gasteiger partial charge in [-0.15, -0.1) is 11.3 Å². The van der Waals surface area contributed by atoms with Gasteiger partial charge in [-0.2, -0.15) is 0 Å². The smallest absolute Gasteiger partial charge is 0.255 e. The predicted octanol–water partition coefficient (Wildman–Crippen LogP) is 3.89. The Kier molecular flexibility index (Phi) is 4.83. The molecule has 1 amide bonds. The zero-order valence-electron chi connectivity index (χ0n) is 11.3. The minimum Gasteiger partial charge on any atom is -0.507 e. The molecule has 1 heterocycles. The Morgan fingerprint density at radius 1 is 1.40 bits per heavy atom. The average Bonchev–Trinajstić information content (AvgIpc) is 2.77. The van der Waals surface area contributed by atoms with Crippen LogP contribution in [0.25, 0.3) is 0 Å². The highest BCUT2D eigenvalue weighted by Crippen LogP contribution is 2.22. The van der Waals surface area contributed by atoms with Crippen LogP contribution in [0.3, 0.4) is 0 Å². The van der Waals surface area contributed by atoms with E-state index in [2.05, 4.69) is 40.3 Å². The van der Waals surface area contributed by atoms with Crippen LogP contribution in [0.5, 0.6) is 5.75 Å². The second-order valence-electron chi connectivity index (χ2n) is 4.75. The van der Waals surface area contributed by atoms with Crippen molar-refractivity contribution in [3.63, 3.8) is 0 Å². The van der Waals surface area contributed by atoms with Gasteiger partial charge in [0.1, 0.15) is 5.75 Å². The lowest BCUT2D eigenvalue weighted by Gasteiger charge is -2.13. The van der Waals surface area contributed by atoms with E-state index in [1.165, 1.54) is 15.8 Å². The molecule has 0 spiro atoms. The Labute approximate surface area is 130 Å². The molecule has 20 heavy (non-hydrogen) atoms. The number of rotatable bonds is 4. The van der Waals surface area contributed by atoms with E-state index in [1.807, 2.05) is 6.92 Å². The molecule has 106 valence electrons. The number of aromatic hydroxyl groups is 1. The van der Waals surface area contributed by atoms with Crippen molar-refractivity contribution in [2.24, 2.45) is 0 Å². The molecule has 1 unspecified atom stereocenters. The van der Waals surface area contributed by atoms with E-state index in [0.717, 1.165) is 10.9 Å². The van der Waals surface area contributed by atoms with Gasteiger partial charge in [-0.3, -0.25) is 4.79 Å². The predicted molar refractivity (Wildman–Crippen MR) is 85.5 cm³/mol. The van der Waals surface area contributed by atoms with Crippen LogP contribution < -0.4 is 5.32 Å². The van der Waals surface area contributed by atoms with E-state index < -0.39 is 0 Å². The Hall–Kier alpha value is -1.33. The van der Waals surface area contributed by atoms with Gasteiger partial charge >= 0.3 is 0 Å². The van der Waals surface area contributed by atoms with Crippen LogP contribution in [-0.4, -0.2) is 17.1 Å². The van der Waals surface area contributed by atoms with E-state index in [-0.39, 0.29) is 23.3 Å². The second kappa shape index (κ2) is 6.41. The number of nitrogens with one attached hydrogen (secondary N) is 1. The molecule has 2 rings (SSSR count). The van der Waals surface area contributed by atoms with Crippen LogP contribution in [0.4, 0.5) is 0 Å². The van der Waals surface area contributed by atoms with E-state index in [0.29, 0.717) is 0 Å². The van der Waals surface area contributed by atoms with Gasteiger partial charge in [0.25, 0.3) is 5.91 Å². The fourth-order valence-corrected chi connectivity index (χ4v) is 3.32. The molecule has 5 heteroatoms. The summed E-state index contributed by atoms with van der Waals surface area (Å²) in [4.78, 5) is 14.6. The lowest BCUT2D eigenvalue weighted by Crippen LogP contribution is -2.33. The van der Waals surface area contributed by atoms with Crippen LogP contribution in [0.15, 0.2) is 34.8 Å². The first-order chi connectivity index (χ1) is 9.45. The summed E-state index contributed by atoms with van der Waals surface area (Å²) < 4.78 is 0.766. The highest BCUT2D eigenvalue weighted by Gasteiger charge is 2.14. The molecule has 0 bridgehead atoms. The van der Waals surface area contributed by atoms with E-state index in [1.54, 1.807) is 23.5 Å². The summed E-state index contributed by atoms with van der Waals surface area (Å²) in [5.74, 6) is -0.269. The summed E-state index contributed by atoms with van der Waals surface area (Å²) in [5, 5.41) is 12.6. The fraction of sp³-hybridized carbons (Fsp3) is 0.267. The molecule has 1 aromatic heterocycles. The number of carbonyl (C=O) groups excluding carboxylic acids is 1. The number of aryl methyl sites for hydroxylation is 1. The number of hydrogen-bond acceptors (Lipinski definition) is 3. The normalized spacial score (nSPS) is 12.2. The molecule has 0 fully saturated rings.